The fraction of sp³-hybridized carbons (Fsp3) is 0.333. The summed E-state index contributed by atoms with van der Waals surface area (Å²) < 4.78 is 0. The zero-order valence-electron chi connectivity index (χ0n) is 11.9. The van der Waals surface area contributed by atoms with Crippen LogP contribution in [0.15, 0.2) is 60.7 Å². The van der Waals surface area contributed by atoms with Crippen molar-refractivity contribution in [2.75, 3.05) is 13.6 Å². The van der Waals surface area contributed by atoms with Crippen molar-refractivity contribution in [2.45, 2.75) is 25.2 Å². The molecule has 2 rings (SSSR count). The molecule has 0 saturated carbocycles. The van der Waals surface area contributed by atoms with Gasteiger partial charge in [-0.15, -0.1) is 0 Å². The van der Waals surface area contributed by atoms with Gasteiger partial charge in [0, 0.05) is 12.0 Å². The zero-order valence-corrected chi connectivity index (χ0v) is 11.9. The maximum absolute atomic E-state index is 3.39. The monoisotopic (exact) mass is 253 g/mol. The van der Waals surface area contributed by atoms with E-state index in [4.69, 9.17) is 0 Å². The van der Waals surface area contributed by atoms with E-state index in [1.165, 1.54) is 17.5 Å². The molecule has 0 radical (unpaired) electrons. The summed E-state index contributed by atoms with van der Waals surface area (Å²) in [6.07, 6.45) is 2.33. The van der Waals surface area contributed by atoms with E-state index < -0.39 is 0 Å². The largest absolute Gasteiger partial charge is 0.319 e. The Labute approximate surface area is 116 Å². The van der Waals surface area contributed by atoms with Gasteiger partial charge < -0.3 is 5.32 Å². The van der Waals surface area contributed by atoms with Gasteiger partial charge in [-0.2, -0.15) is 0 Å². The molecule has 0 fully saturated rings. The quantitative estimate of drug-likeness (QED) is 0.820. The molecule has 0 heterocycles. The summed E-state index contributed by atoms with van der Waals surface area (Å²) in [5.41, 5.74) is 2.88. The average molecular weight is 253 g/mol. The SMILES string of the molecule is CCCC(CNC)(c1ccccc1)c1ccccc1. The Balaban J connectivity index is 2.54. The van der Waals surface area contributed by atoms with Crippen molar-refractivity contribution in [3.05, 3.63) is 71.8 Å². The molecule has 0 aromatic heterocycles. The number of hydrogen-bond donors (Lipinski definition) is 1. The van der Waals surface area contributed by atoms with Crippen molar-refractivity contribution in [1.29, 1.82) is 0 Å². The molecule has 1 nitrogen and oxygen atoms in total. The van der Waals surface area contributed by atoms with Crippen LogP contribution < -0.4 is 5.32 Å². The maximum atomic E-state index is 3.39. The highest BCUT2D eigenvalue weighted by Crippen LogP contribution is 2.36. The molecule has 0 aliphatic carbocycles. The van der Waals surface area contributed by atoms with Crippen LogP contribution in [-0.2, 0) is 5.41 Å². The van der Waals surface area contributed by atoms with Gasteiger partial charge in [0.1, 0.15) is 0 Å². The molecule has 0 bridgehead atoms. The lowest BCUT2D eigenvalue weighted by Gasteiger charge is -2.35. The van der Waals surface area contributed by atoms with Crippen LogP contribution in [0.5, 0.6) is 0 Å². The van der Waals surface area contributed by atoms with Crippen molar-refractivity contribution in [3.63, 3.8) is 0 Å². The second kappa shape index (κ2) is 6.53. The van der Waals surface area contributed by atoms with Crippen molar-refractivity contribution in [1.82, 2.24) is 5.32 Å². The van der Waals surface area contributed by atoms with Crippen LogP contribution in [-0.4, -0.2) is 13.6 Å². The fourth-order valence-electron chi connectivity index (χ4n) is 2.99. The van der Waals surface area contributed by atoms with Gasteiger partial charge in [-0.3, -0.25) is 0 Å². The summed E-state index contributed by atoms with van der Waals surface area (Å²) in [5, 5.41) is 3.39. The molecule has 0 spiro atoms. The van der Waals surface area contributed by atoms with Crippen LogP contribution in [0.2, 0.25) is 0 Å². The third kappa shape index (κ3) is 2.87. The summed E-state index contributed by atoms with van der Waals surface area (Å²) >= 11 is 0. The van der Waals surface area contributed by atoms with Crippen LogP contribution in [0.25, 0.3) is 0 Å². The number of hydrogen-bond acceptors (Lipinski definition) is 1. The van der Waals surface area contributed by atoms with Gasteiger partial charge in [0.05, 0.1) is 0 Å². The highest BCUT2D eigenvalue weighted by atomic mass is 14.8. The van der Waals surface area contributed by atoms with E-state index >= 15 is 0 Å². The first kappa shape index (κ1) is 13.8. The molecule has 0 amide bonds. The molecule has 2 aromatic rings. The van der Waals surface area contributed by atoms with Crippen LogP contribution >= 0.6 is 0 Å². The maximum Gasteiger partial charge on any atom is 0.0327 e. The summed E-state index contributed by atoms with van der Waals surface area (Å²) in [4.78, 5) is 0. The highest BCUT2D eigenvalue weighted by molar-refractivity contribution is 5.39. The van der Waals surface area contributed by atoms with E-state index in [1.54, 1.807) is 0 Å². The molecule has 0 saturated heterocycles. The number of benzene rings is 2. The van der Waals surface area contributed by atoms with Gasteiger partial charge in [0.15, 0.2) is 0 Å². The summed E-state index contributed by atoms with van der Waals surface area (Å²) in [6.45, 7) is 3.23. The Morgan fingerprint density at radius 3 is 1.68 bits per heavy atom. The predicted octanol–water partition coefficient (Wildman–Crippen LogP) is 3.99. The minimum absolute atomic E-state index is 0.0754. The van der Waals surface area contributed by atoms with E-state index in [9.17, 15) is 0 Å². The fourth-order valence-corrected chi connectivity index (χ4v) is 2.99. The van der Waals surface area contributed by atoms with Gasteiger partial charge in [-0.05, 0) is 24.6 Å². The second-order valence-corrected chi connectivity index (χ2v) is 5.09. The lowest BCUT2D eigenvalue weighted by atomic mass is 9.71. The van der Waals surface area contributed by atoms with Gasteiger partial charge in [0.2, 0.25) is 0 Å². The van der Waals surface area contributed by atoms with Gasteiger partial charge in [-0.1, -0.05) is 74.0 Å². The number of likely N-dealkylation sites (N-methyl/N-ethyl adjacent to an activating group) is 1. The third-order valence-corrected chi connectivity index (χ3v) is 3.81. The highest BCUT2D eigenvalue weighted by Gasteiger charge is 2.32. The lowest BCUT2D eigenvalue weighted by Crippen LogP contribution is -2.38. The molecule has 0 aliphatic heterocycles. The molecule has 19 heavy (non-hydrogen) atoms. The van der Waals surface area contributed by atoms with E-state index in [0.717, 1.165) is 13.0 Å². The van der Waals surface area contributed by atoms with E-state index in [2.05, 4.69) is 72.9 Å². The van der Waals surface area contributed by atoms with Crippen molar-refractivity contribution in [3.8, 4) is 0 Å². The summed E-state index contributed by atoms with van der Waals surface area (Å²) in [5.74, 6) is 0. The topological polar surface area (TPSA) is 12.0 Å². The molecule has 1 heteroatoms. The zero-order chi connectivity index (χ0) is 13.6. The van der Waals surface area contributed by atoms with Crippen molar-refractivity contribution >= 4 is 0 Å². The van der Waals surface area contributed by atoms with Crippen LogP contribution in [0, 0.1) is 0 Å². The van der Waals surface area contributed by atoms with E-state index in [0.29, 0.717) is 0 Å². The Hall–Kier alpha value is -1.60. The first-order valence-electron chi connectivity index (χ1n) is 7.09. The normalized spacial score (nSPS) is 11.5. The van der Waals surface area contributed by atoms with Crippen molar-refractivity contribution < 1.29 is 0 Å². The Morgan fingerprint density at radius 1 is 0.842 bits per heavy atom. The second-order valence-electron chi connectivity index (χ2n) is 5.09. The first-order chi connectivity index (χ1) is 9.33. The first-order valence-corrected chi connectivity index (χ1v) is 7.09. The minimum Gasteiger partial charge on any atom is -0.319 e. The molecular weight excluding hydrogens is 230 g/mol. The molecule has 1 N–H and O–H groups in total. The Kier molecular flexibility index (Phi) is 4.75. The summed E-state index contributed by atoms with van der Waals surface area (Å²) in [6, 6.07) is 21.7. The summed E-state index contributed by atoms with van der Waals surface area (Å²) in [7, 11) is 2.04. The minimum atomic E-state index is 0.0754. The molecular formula is C18H23N. The standard InChI is InChI=1S/C18H23N/c1-3-14-18(15-19-2,16-10-6-4-7-11-16)17-12-8-5-9-13-17/h4-13,19H,3,14-15H2,1-2H3. The smallest absolute Gasteiger partial charge is 0.0327 e. The Morgan fingerprint density at radius 2 is 1.32 bits per heavy atom. The van der Waals surface area contributed by atoms with Crippen molar-refractivity contribution in [2.24, 2.45) is 0 Å². The van der Waals surface area contributed by atoms with Gasteiger partial charge >= 0.3 is 0 Å². The van der Waals surface area contributed by atoms with Crippen LogP contribution in [0.1, 0.15) is 30.9 Å². The molecule has 0 atom stereocenters. The number of nitrogens with one attached hydrogen (secondary N) is 1. The van der Waals surface area contributed by atoms with E-state index in [1.807, 2.05) is 7.05 Å². The molecule has 0 unspecified atom stereocenters. The van der Waals surface area contributed by atoms with E-state index in [-0.39, 0.29) is 5.41 Å². The third-order valence-electron chi connectivity index (χ3n) is 3.81. The van der Waals surface area contributed by atoms with Crippen LogP contribution in [0.3, 0.4) is 0 Å². The van der Waals surface area contributed by atoms with Gasteiger partial charge in [-0.25, -0.2) is 0 Å². The van der Waals surface area contributed by atoms with Crippen LogP contribution in [0.4, 0.5) is 0 Å². The predicted molar refractivity (Wildman–Crippen MR) is 82.5 cm³/mol. The molecule has 2 aromatic carbocycles. The molecule has 100 valence electrons. The lowest BCUT2D eigenvalue weighted by molar-refractivity contribution is 0.444. The number of rotatable bonds is 6. The average Bonchev–Trinajstić information content (AvgIpc) is 2.49. The molecule has 0 aliphatic rings. The van der Waals surface area contributed by atoms with Gasteiger partial charge in [0.25, 0.3) is 0 Å². The Bertz CT molecular complexity index is 428.